The van der Waals surface area contributed by atoms with E-state index in [0.29, 0.717) is 17.9 Å². The molecular weight excluding hydrogens is 404 g/mol. The second-order valence-corrected chi connectivity index (χ2v) is 8.36. The number of nitrogens with zero attached hydrogens (tertiary/aromatic N) is 3. The van der Waals surface area contributed by atoms with E-state index < -0.39 is 0 Å². The quantitative estimate of drug-likeness (QED) is 0.786. The predicted octanol–water partition coefficient (Wildman–Crippen LogP) is 4.03. The molecule has 1 N–H and O–H groups in total. The maximum absolute atomic E-state index is 12.6. The minimum absolute atomic E-state index is 0.114. The van der Waals surface area contributed by atoms with Crippen molar-refractivity contribution in [2.45, 2.75) is 38.6 Å². The molecule has 1 saturated heterocycles. The lowest BCUT2D eigenvalue weighted by atomic mass is 9.94. The second kappa shape index (κ2) is 9.51. The molecule has 2 heterocycles. The summed E-state index contributed by atoms with van der Waals surface area (Å²) in [5, 5.41) is 9.09. The first kappa shape index (κ1) is 22.0. The molecule has 0 spiro atoms. The van der Waals surface area contributed by atoms with Gasteiger partial charge in [-0.25, -0.2) is 9.80 Å². The third-order valence-electron chi connectivity index (χ3n) is 6.29. The third kappa shape index (κ3) is 4.24. The Morgan fingerprint density at radius 1 is 1.03 bits per heavy atom. The van der Waals surface area contributed by atoms with Gasteiger partial charge in [-0.2, -0.15) is 5.10 Å². The molecule has 2 amide bonds. The molecule has 0 bridgehead atoms. The largest absolute Gasteiger partial charge is 0.493 e. The fourth-order valence-electron chi connectivity index (χ4n) is 4.53. The van der Waals surface area contributed by atoms with Crippen molar-refractivity contribution in [3.63, 3.8) is 0 Å². The van der Waals surface area contributed by atoms with Crippen molar-refractivity contribution in [3.05, 3.63) is 53.1 Å². The van der Waals surface area contributed by atoms with Crippen LogP contribution in [0.2, 0.25) is 0 Å². The Labute approximate surface area is 190 Å². The summed E-state index contributed by atoms with van der Waals surface area (Å²) in [6, 6.07) is 12.1. The monoisotopic (exact) mass is 436 g/mol. The molecule has 170 valence electrons. The van der Waals surface area contributed by atoms with E-state index in [1.165, 1.54) is 30.0 Å². The number of hydrogen-bond donors (Lipinski definition) is 1. The number of nitrogens with one attached hydrogen (secondary N) is 1. The van der Waals surface area contributed by atoms with Crippen LogP contribution >= 0.6 is 0 Å². The Morgan fingerprint density at radius 3 is 2.31 bits per heavy atom. The first-order valence-corrected chi connectivity index (χ1v) is 11.3. The molecule has 0 aliphatic carbocycles. The molecule has 2 aromatic carbocycles. The molecule has 7 heteroatoms. The number of hydrogen-bond acceptors (Lipinski definition) is 5. The summed E-state index contributed by atoms with van der Waals surface area (Å²) in [5.74, 6) is 1.32. The van der Waals surface area contributed by atoms with Gasteiger partial charge >= 0.3 is 6.03 Å². The van der Waals surface area contributed by atoms with E-state index in [2.05, 4.69) is 34.5 Å². The fraction of sp³-hybridized carbons (Fsp3) is 0.440. The summed E-state index contributed by atoms with van der Waals surface area (Å²) in [6.07, 6.45) is 4.44. The van der Waals surface area contributed by atoms with Gasteiger partial charge in [0.05, 0.1) is 26.0 Å². The lowest BCUT2D eigenvalue weighted by Gasteiger charge is -2.29. The van der Waals surface area contributed by atoms with E-state index >= 15 is 0 Å². The second-order valence-electron chi connectivity index (χ2n) is 8.36. The van der Waals surface area contributed by atoms with Gasteiger partial charge in [0, 0.05) is 37.0 Å². The molecule has 0 radical (unpaired) electrons. The van der Waals surface area contributed by atoms with E-state index in [4.69, 9.17) is 14.6 Å². The van der Waals surface area contributed by atoms with Crippen LogP contribution in [-0.2, 0) is 6.42 Å². The molecule has 32 heavy (non-hydrogen) atoms. The number of benzene rings is 2. The van der Waals surface area contributed by atoms with Crippen molar-refractivity contribution in [1.29, 1.82) is 0 Å². The SMILES string of the molecule is CNC(=O)N1N=C(c2ccc(N3CCCCC3)cc2)c2cc(OC)c(OC)cc2CC1C. The topological polar surface area (TPSA) is 66.4 Å². The molecule has 4 rings (SSSR count). The van der Waals surface area contributed by atoms with Gasteiger partial charge in [0.1, 0.15) is 0 Å². The van der Waals surface area contributed by atoms with Gasteiger partial charge in [0.25, 0.3) is 0 Å². The average molecular weight is 437 g/mol. The molecule has 2 aromatic rings. The molecule has 2 aliphatic rings. The fourth-order valence-corrected chi connectivity index (χ4v) is 4.53. The maximum Gasteiger partial charge on any atom is 0.337 e. The van der Waals surface area contributed by atoms with Gasteiger partial charge in [-0.15, -0.1) is 0 Å². The highest BCUT2D eigenvalue weighted by molar-refractivity contribution is 6.14. The van der Waals surface area contributed by atoms with Gasteiger partial charge < -0.3 is 19.7 Å². The Hall–Kier alpha value is -3.22. The van der Waals surface area contributed by atoms with E-state index in [1.54, 1.807) is 21.3 Å². The van der Waals surface area contributed by atoms with Crippen molar-refractivity contribution < 1.29 is 14.3 Å². The van der Waals surface area contributed by atoms with Gasteiger partial charge in [0.15, 0.2) is 11.5 Å². The zero-order valence-corrected chi connectivity index (χ0v) is 19.4. The van der Waals surface area contributed by atoms with Crippen LogP contribution in [0.25, 0.3) is 0 Å². The summed E-state index contributed by atoms with van der Waals surface area (Å²) in [5.41, 5.74) is 4.96. The molecule has 1 unspecified atom stereocenters. The highest BCUT2D eigenvalue weighted by Gasteiger charge is 2.28. The van der Waals surface area contributed by atoms with Gasteiger partial charge in [-0.1, -0.05) is 12.1 Å². The first-order valence-electron chi connectivity index (χ1n) is 11.3. The van der Waals surface area contributed by atoms with Crippen molar-refractivity contribution in [3.8, 4) is 11.5 Å². The normalized spacial score (nSPS) is 18.4. The van der Waals surface area contributed by atoms with E-state index in [1.807, 2.05) is 19.1 Å². The summed E-state index contributed by atoms with van der Waals surface area (Å²) in [7, 11) is 4.89. The summed E-state index contributed by atoms with van der Waals surface area (Å²) in [4.78, 5) is 15.0. The molecular formula is C25H32N4O3. The number of methoxy groups -OCH3 is 2. The van der Waals surface area contributed by atoms with Crippen LogP contribution in [-0.4, -0.2) is 57.2 Å². The maximum atomic E-state index is 12.6. The average Bonchev–Trinajstić information content (AvgIpc) is 2.98. The number of carbonyl (C=O) groups excluding carboxylic acids is 1. The molecule has 0 aromatic heterocycles. The number of anilines is 1. The van der Waals surface area contributed by atoms with Gasteiger partial charge in [-0.3, -0.25) is 0 Å². The number of urea groups is 1. The Balaban J connectivity index is 1.80. The first-order chi connectivity index (χ1) is 15.5. The number of ether oxygens (including phenoxy) is 2. The summed E-state index contributed by atoms with van der Waals surface area (Å²) in [6.45, 7) is 4.20. The molecule has 1 fully saturated rings. The van der Waals surface area contributed by atoms with Crippen LogP contribution in [0.3, 0.4) is 0 Å². The number of amides is 2. The molecule has 7 nitrogen and oxygen atoms in total. The Bertz CT molecular complexity index is 997. The van der Waals surface area contributed by atoms with Crippen LogP contribution < -0.4 is 19.7 Å². The highest BCUT2D eigenvalue weighted by atomic mass is 16.5. The van der Waals surface area contributed by atoms with Crippen molar-refractivity contribution in [2.75, 3.05) is 39.3 Å². The van der Waals surface area contributed by atoms with Crippen LogP contribution in [0.4, 0.5) is 10.5 Å². The molecule has 2 aliphatic heterocycles. The smallest absolute Gasteiger partial charge is 0.337 e. The minimum Gasteiger partial charge on any atom is -0.493 e. The lowest BCUT2D eigenvalue weighted by Crippen LogP contribution is -2.41. The Morgan fingerprint density at radius 2 is 1.69 bits per heavy atom. The third-order valence-corrected chi connectivity index (χ3v) is 6.29. The minimum atomic E-state index is -0.230. The number of fused-ring (bicyclic) bond motifs is 1. The van der Waals surface area contributed by atoms with Crippen LogP contribution in [0.1, 0.15) is 42.9 Å². The van der Waals surface area contributed by atoms with Crippen LogP contribution in [0.5, 0.6) is 11.5 Å². The number of piperidine rings is 1. The number of carbonyl (C=O) groups is 1. The summed E-state index contributed by atoms with van der Waals surface area (Å²) >= 11 is 0. The molecule has 1 atom stereocenters. The van der Waals surface area contributed by atoms with Gasteiger partial charge in [-0.05, 0) is 62.4 Å². The van der Waals surface area contributed by atoms with Crippen molar-refractivity contribution in [2.24, 2.45) is 5.10 Å². The molecule has 0 saturated carbocycles. The van der Waals surface area contributed by atoms with Crippen LogP contribution in [0, 0.1) is 0 Å². The zero-order valence-electron chi connectivity index (χ0n) is 19.4. The number of hydrazone groups is 1. The van der Waals surface area contributed by atoms with E-state index in [9.17, 15) is 4.79 Å². The highest BCUT2D eigenvalue weighted by Crippen LogP contribution is 2.35. The predicted molar refractivity (Wildman–Crippen MR) is 127 cm³/mol. The van der Waals surface area contributed by atoms with Gasteiger partial charge in [0.2, 0.25) is 0 Å². The Kier molecular flexibility index (Phi) is 6.53. The standard InChI is InChI=1S/C25H32N4O3/c1-17-14-19-15-22(31-3)23(32-4)16-21(19)24(27-29(17)25(30)26-2)18-8-10-20(11-9-18)28-12-6-5-7-13-28/h8-11,15-17H,5-7,12-14H2,1-4H3,(H,26,30). The van der Waals surface area contributed by atoms with Crippen molar-refractivity contribution in [1.82, 2.24) is 10.3 Å². The lowest BCUT2D eigenvalue weighted by molar-refractivity contribution is 0.184. The van der Waals surface area contributed by atoms with Crippen molar-refractivity contribution >= 4 is 17.4 Å². The van der Waals surface area contributed by atoms with E-state index in [-0.39, 0.29) is 12.1 Å². The van der Waals surface area contributed by atoms with E-state index in [0.717, 1.165) is 35.5 Å². The van der Waals surface area contributed by atoms with Crippen LogP contribution in [0.15, 0.2) is 41.5 Å². The zero-order chi connectivity index (χ0) is 22.7. The summed E-state index contributed by atoms with van der Waals surface area (Å²) < 4.78 is 11.1. The number of rotatable bonds is 4.